The molecule has 0 aliphatic heterocycles. The highest BCUT2D eigenvalue weighted by Crippen LogP contribution is 2.34. The molecule has 0 spiro atoms. The number of Topliss-reactive ketones (excluding diaryl/α,β-unsaturated/α-hetero) is 1. The van der Waals surface area contributed by atoms with Crippen LogP contribution in [0, 0.1) is 6.92 Å². The van der Waals surface area contributed by atoms with E-state index in [1.807, 2.05) is 24.3 Å². The Morgan fingerprint density at radius 1 is 0.977 bits per heavy atom. The number of fused-ring (bicyclic) bond motifs is 1. The minimum absolute atomic E-state index is 0.126. The molecule has 5 rings (SSSR count). The number of hydrogen-bond donors (Lipinski definition) is 3. The van der Waals surface area contributed by atoms with Crippen LogP contribution in [0.3, 0.4) is 0 Å². The molecule has 5 aromatic rings. The number of pyridine rings is 1. The third kappa shape index (κ3) is 6.53. The smallest absolute Gasteiger partial charge is 0.415 e. The number of carbonyl (C=O) groups is 3. The second-order valence-corrected chi connectivity index (χ2v) is 10.9. The first-order valence-corrected chi connectivity index (χ1v) is 14.3. The summed E-state index contributed by atoms with van der Waals surface area (Å²) in [6.07, 6.45) is -1.32. The number of carbonyl (C=O) groups excluding carboxylic acids is 3. The van der Waals surface area contributed by atoms with Gasteiger partial charge < -0.3 is 21.2 Å². The summed E-state index contributed by atoms with van der Waals surface area (Å²) in [5.74, 6) is -1.26. The van der Waals surface area contributed by atoms with Gasteiger partial charge in [0.2, 0.25) is 11.7 Å². The van der Waals surface area contributed by atoms with Gasteiger partial charge in [0.15, 0.2) is 5.01 Å². The van der Waals surface area contributed by atoms with E-state index in [0.29, 0.717) is 22.3 Å². The molecule has 0 fully saturated rings. The number of nitrogens with one attached hydrogen (secondary N) is 1. The van der Waals surface area contributed by atoms with Gasteiger partial charge in [0, 0.05) is 12.2 Å². The van der Waals surface area contributed by atoms with Crippen LogP contribution in [0.5, 0.6) is 0 Å². The van der Waals surface area contributed by atoms with Crippen LogP contribution in [-0.2, 0) is 29.1 Å². The predicted octanol–water partition coefficient (Wildman–Crippen LogP) is 4.55. The number of nitrogens with two attached hydrogens (primary N) is 2. The number of aromatic amines is 1. The average Bonchev–Trinajstić information content (AvgIpc) is 3.44. The first kappa shape index (κ1) is 29.4. The van der Waals surface area contributed by atoms with Crippen LogP contribution in [0.2, 0.25) is 0 Å². The van der Waals surface area contributed by atoms with E-state index in [9.17, 15) is 19.2 Å². The molecule has 2 heterocycles. The molecule has 0 radical (unpaired) electrons. The second kappa shape index (κ2) is 12.8. The molecule has 0 aliphatic carbocycles. The van der Waals surface area contributed by atoms with Crippen LogP contribution >= 0.6 is 11.3 Å². The number of rotatable bonds is 10. The number of nitrogens with zero attached hydrogens (tertiary/aromatic N) is 2. The number of amides is 2. The number of anilines is 1. The van der Waals surface area contributed by atoms with Gasteiger partial charge >= 0.3 is 6.09 Å². The first-order valence-electron chi connectivity index (χ1n) is 13.4. The van der Waals surface area contributed by atoms with Crippen molar-refractivity contribution in [1.29, 1.82) is 0 Å². The van der Waals surface area contributed by atoms with Gasteiger partial charge in [0.25, 0.3) is 5.56 Å². The maximum atomic E-state index is 14.4. The van der Waals surface area contributed by atoms with Crippen LogP contribution in [0.25, 0.3) is 10.2 Å². The first-order chi connectivity index (χ1) is 20.7. The number of para-hydroxylation sites is 1. The summed E-state index contributed by atoms with van der Waals surface area (Å²) in [4.78, 5) is 62.5. The van der Waals surface area contributed by atoms with Crippen LogP contribution in [0.15, 0.2) is 89.7 Å². The molecule has 11 heteroatoms. The lowest BCUT2D eigenvalue weighted by Crippen LogP contribution is -2.43. The van der Waals surface area contributed by atoms with Crippen molar-refractivity contribution in [2.24, 2.45) is 11.5 Å². The fraction of sp³-hybridized carbons (Fsp3) is 0.156. The summed E-state index contributed by atoms with van der Waals surface area (Å²) in [6, 6.07) is 23.3. The van der Waals surface area contributed by atoms with E-state index in [2.05, 4.69) is 9.97 Å². The molecule has 0 aliphatic rings. The van der Waals surface area contributed by atoms with Crippen molar-refractivity contribution in [3.63, 3.8) is 0 Å². The normalized spacial score (nSPS) is 11.7. The number of thiazole rings is 1. The van der Waals surface area contributed by atoms with E-state index >= 15 is 0 Å². The zero-order chi connectivity index (χ0) is 30.5. The Hall–Kier alpha value is -5.13. The summed E-state index contributed by atoms with van der Waals surface area (Å²) < 4.78 is 6.49. The standard InChI is InChI=1S/C32H29N5O5S/c1-19-15-23(16-26(34)38)28(30(40)35-19)37(32(41)42-18-21-7-3-2-4-8-21)27(22-13-11-20(17-33)12-14-22)29(39)31-36-24-9-5-6-10-25(24)43-31/h2-15,27H,16-18,33H2,1H3,(H2,34,38)(H,35,40). The van der Waals surface area contributed by atoms with E-state index in [1.165, 1.54) is 11.3 Å². The fourth-order valence-corrected chi connectivity index (χ4v) is 5.73. The van der Waals surface area contributed by atoms with E-state index in [4.69, 9.17) is 16.2 Å². The highest BCUT2D eigenvalue weighted by molar-refractivity contribution is 7.20. The summed E-state index contributed by atoms with van der Waals surface area (Å²) in [5, 5.41) is 0.134. The van der Waals surface area contributed by atoms with Gasteiger partial charge in [0.1, 0.15) is 18.3 Å². The van der Waals surface area contributed by atoms with Crippen LogP contribution in [0.1, 0.15) is 43.8 Å². The number of benzene rings is 3. The summed E-state index contributed by atoms with van der Waals surface area (Å²) in [5.41, 5.74) is 13.6. The van der Waals surface area contributed by atoms with E-state index in [-0.39, 0.29) is 35.8 Å². The Balaban J connectivity index is 1.71. The highest BCUT2D eigenvalue weighted by atomic mass is 32.1. The monoisotopic (exact) mass is 595 g/mol. The summed E-state index contributed by atoms with van der Waals surface area (Å²) in [6.45, 7) is 1.78. The van der Waals surface area contributed by atoms with Crippen molar-refractivity contribution in [3.8, 4) is 0 Å². The fourth-order valence-electron chi connectivity index (χ4n) is 4.80. The number of aromatic nitrogens is 2. The van der Waals surface area contributed by atoms with Crippen molar-refractivity contribution in [2.45, 2.75) is 32.5 Å². The van der Waals surface area contributed by atoms with Crippen molar-refractivity contribution in [1.82, 2.24) is 9.97 Å². The molecule has 2 amide bonds. The van der Waals surface area contributed by atoms with Gasteiger partial charge in [-0.3, -0.25) is 19.3 Å². The second-order valence-electron chi connectivity index (χ2n) is 9.91. The molecule has 5 N–H and O–H groups in total. The lowest BCUT2D eigenvalue weighted by molar-refractivity contribution is -0.117. The molecular formula is C32H29N5O5S. The zero-order valence-corrected chi connectivity index (χ0v) is 24.1. The van der Waals surface area contributed by atoms with Crippen molar-refractivity contribution >= 4 is 45.0 Å². The number of hydrogen-bond acceptors (Lipinski definition) is 8. The summed E-state index contributed by atoms with van der Waals surface area (Å²) >= 11 is 1.17. The molecule has 43 heavy (non-hydrogen) atoms. The number of H-pyrrole nitrogens is 1. The minimum atomic E-state index is -1.38. The number of aryl methyl sites for hydroxylation is 1. The molecule has 0 saturated carbocycles. The predicted molar refractivity (Wildman–Crippen MR) is 165 cm³/mol. The van der Waals surface area contributed by atoms with Gasteiger partial charge in [-0.05, 0) is 47.4 Å². The Morgan fingerprint density at radius 3 is 2.35 bits per heavy atom. The highest BCUT2D eigenvalue weighted by Gasteiger charge is 2.39. The average molecular weight is 596 g/mol. The Kier molecular flexibility index (Phi) is 8.74. The van der Waals surface area contributed by atoms with Gasteiger partial charge in [-0.25, -0.2) is 9.78 Å². The van der Waals surface area contributed by atoms with E-state index < -0.39 is 29.4 Å². The molecule has 1 atom stereocenters. The van der Waals surface area contributed by atoms with Gasteiger partial charge in [-0.15, -0.1) is 11.3 Å². The molecule has 3 aromatic carbocycles. The number of ether oxygens (including phenoxy) is 1. The Labute approximate surface area is 250 Å². The minimum Gasteiger partial charge on any atom is -0.444 e. The third-order valence-electron chi connectivity index (χ3n) is 6.77. The maximum absolute atomic E-state index is 14.4. The van der Waals surface area contributed by atoms with Crippen molar-refractivity contribution in [2.75, 3.05) is 4.90 Å². The quantitative estimate of drug-likeness (QED) is 0.200. The largest absolute Gasteiger partial charge is 0.444 e. The summed E-state index contributed by atoms with van der Waals surface area (Å²) in [7, 11) is 0. The van der Waals surface area contributed by atoms with Gasteiger partial charge in [-0.2, -0.15) is 0 Å². The Morgan fingerprint density at radius 2 is 1.67 bits per heavy atom. The van der Waals surface area contributed by atoms with Crippen LogP contribution in [0.4, 0.5) is 10.5 Å². The zero-order valence-electron chi connectivity index (χ0n) is 23.3. The van der Waals surface area contributed by atoms with Gasteiger partial charge in [0.05, 0.1) is 16.6 Å². The molecule has 2 aromatic heterocycles. The molecule has 218 valence electrons. The van der Waals surface area contributed by atoms with Gasteiger partial charge in [-0.1, -0.05) is 66.7 Å². The molecule has 0 bridgehead atoms. The molecular weight excluding hydrogens is 566 g/mol. The molecule has 10 nitrogen and oxygen atoms in total. The molecule has 1 unspecified atom stereocenters. The number of primary amides is 1. The van der Waals surface area contributed by atoms with E-state index in [0.717, 1.165) is 15.2 Å². The van der Waals surface area contributed by atoms with E-state index in [1.54, 1.807) is 67.6 Å². The molecule has 0 saturated heterocycles. The SMILES string of the molecule is Cc1cc(CC(N)=O)c(N(C(=O)OCc2ccccc2)C(C(=O)c2nc3ccccc3s2)c2ccc(CN)cc2)c(=O)[nH]1. The maximum Gasteiger partial charge on any atom is 0.415 e. The van der Waals surface area contributed by atoms with Crippen molar-refractivity contribution in [3.05, 3.63) is 128 Å². The van der Waals surface area contributed by atoms with Crippen molar-refractivity contribution < 1.29 is 19.1 Å². The topological polar surface area (TPSA) is 161 Å². The van der Waals surface area contributed by atoms with Crippen LogP contribution < -0.4 is 21.9 Å². The third-order valence-corrected chi connectivity index (χ3v) is 7.82. The lowest BCUT2D eigenvalue weighted by atomic mass is 9.98. The number of ketones is 1. The Bertz CT molecular complexity index is 1820. The van der Waals surface area contributed by atoms with Crippen LogP contribution in [-0.4, -0.2) is 27.8 Å². The lowest BCUT2D eigenvalue weighted by Gasteiger charge is -2.31.